The molecule has 39 heavy (non-hydrogen) atoms. The summed E-state index contributed by atoms with van der Waals surface area (Å²) in [5, 5.41) is -0.0696. The van der Waals surface area contributed by atoms with Crippen LogP contribution in [0.15, 0.2) is 53.5 Å². The Morgan fingerprint density at radius 1 is 1.13 bits per heavy atom. The number of ketones is 1. The molecule has 2 atom stereocenters. The van der Waals surface area contributed by atoms with Crippen LogP contribution in [0.5, 0.6) is 0 Å². The Morgan fingerprint density at radius 2 is 1.77 bits per heavy atom. The Morgan fingerprint density at radius 3 is 2.36 bits per heavy atom. The van der Waals surface area contributed by atoms with Crippen molar-refractivity contribution >= 4 is 38.6 Å². The van der Waals surface area contributed by atoms with E-state index in [0.717, 1.165) is 12.1 Å². The summed E-state index contributed by atoms with van der Waals surface area (Å²) >= 11 is 4.74. The zero-order valence-electron chi connectivity index (χ0n) is 22.7. The Bertz CT molecular complexity index is 1570. The average molecular weight is 595 g/mol. The van der Waals surface area contributed by atoms with Gasteiger partial charge in [0.2, 0.25) is 0 Å². The molecule has 0 saturated carbocycles. The van der Waals surface area contributed by atoms with E-state index in [9.17, 15) is 27.0 Å². The number of aryl methyl sites for hydroxylation is 1. The van der Waals surface area contributed by atoms with E-state index in [1.807, 2.05) is 20.8 Å². The highest BCUT2D eigenvalue weighted by atomic mass is 35.5. The summed E-state index contributed by atoms with van der Waals surface area (Å²) < 4.78 is 55.2. The number of rotatable bonds is 9. The van der Waals surface area contributed by atoms with Gasteiger partial charge in [0.25, 0.3) is 5.56 Å². The zero-order chi connectivity index (χ0) is 29.3. The van der Waals surface area contributed by atoms with Gasteiger partial charge < -0.3 is 9.12 Å². The van der Waals surface area contributed by atoms with Crippen LogP contribution in [0.4, 0.5) is 4.39 Å². The minimum atomic E-state index is -3.40. The molecule has 0 unspecified atom stereocenters. The Labute approximate surface area is 236 Å². The van der Waals surface area contributed by atoms with Crippen LogP contribution in [0, 0.1) is 5.82 Å². The molecule has 3 aromatic rings. The summed E-state index contributed by atoms with van der Waals surface area (Å²) in [4.78, 5) is 26.4. The molecular formula is C28H32ClFN2O5S2. The molecule has 0 spiro atoms. The summed E-state index contributed by atoms with van der Waals surface area (Å²) in [6.45, 7) is 8.75. The van der Waals surface area contributed by atoms with E-state index in [1.165, 1.54) is 22.8 Å². The molecule has 0 aliphatic carbocycles. The molecule has 1 N–H and O–H groups in total. The number of pyridine rings is 1. The molecule has 3 rings (SSSR count). The normalized spacial score (nSPS) is 13.8. The Hall–Kier alpha value is -2.50. The van der Waals surface area contributed by atoms with Gasteiger partial charge in [-0.1, -0.05) is 30.7 Å². The van der Waals surface area contributed by atoms with Crippen LogP contribution in [-0.4, -0.2) is 33.8 Å². The summed E-state index contributed by atoms with van der Waals surface area (Å²) in [5.74, 6) is -1.40. The summed E-state index contributed by atoms with van der Waals surface area (Å²) in [6.07, 6.45) is 1.56. The smallest absolute Gasteiger partial charge is 0.250 e. The van der Waals surface area contributed by atoms with E-state index in [0.29, 0.717) is 22.3 Å². The fourth-order valence-corrected chi connectivity index (χ4v) is 5.85. The fraction of sp³-hybridized carbons (Fsp3) is 0.357. The lowest BCUT2D eigenvalue weighted by atomic mass is 9.89. The monoisotopic (exact) mass is 594 g/mol. The van der Waals surface area contributed by atoms with Crippen molar-refractivity contribution in [1.82, 2.24) is 9.29 Å². The van der Waals surface area contributed by atoms with Crippen molar-refractivity contribution in [3.63, 3.8) is 0 Å². The number of hydrogen-bond acceptors (Lipinski definition) is 6. The minimum absolute atomic E-state index is 0.0567. The quantitative estimate of drug-likeness (QED) is 0.272. The molecule has 0 aliphatic rings. The second-order valence-electron chi connectivity index (χ2n) is 10.3. The second-order valence-corrected chi connectivity index (χ2v) is 15.1. The van der Waals surface area contributed by atoms with Crippen molar-refractivity contribution in [2.24, 2.45) is 7.05 Å². The molecule has 7 nitrogen and oxygen atoms in total. The molecule has 11 heteroatoms. The van der Waals surface area contributed by atoms with Crippen LogP contribution in [0.1, 0.15) is 67.7 Å². The zero-order valence-corrected chi connectivity index (χ0v) is 25.1. The fourth-order valence-electron chi connectivity index (χ4n) is 3.91. The number of nitrogens with zero attached hydrogens (tertiary/aromatic N) is 1. The largest absolute Gasteiger partial charge is 0.598 e. The van der Waals surface area contributed by atoms with Gasteiger partial charge >= 0.3 is 0 Å². The number of aromatic nitrogens is 1. The van der Waals surface area contributed by atoms with Crippen LogP contribution >= 0.6 is 11.6 Å². The SMILES string of the molecule is CCS(=O)(=O)Cc1ccc(C(=O)c2ccc(F)cc2Cl)c(-c2cn(C)c(=O)cc2[C@H](C)N[S@@+]([O-])C(C)(C)C)c1. The van der Waals surface area contributed by atoms with Crippen LogP contribution in [-0.2, 0) is 34.0 Å². The van der Waals surface area contributed by atoms with Gasteiger partial charge in [-0.3, -0.25) is 9.59 Å². The van der Waals surface area contributed by atoms with Crippen molar-refractivity contribution in [1.29, 1.82) is 0 Å². The predicted molar refractivity (Wildman–Crippen MR) is 155 cm³/mol. The van der Waals surface area contributed by atoms with E-state index in [4.69, 9.17) is 11.6 Å². The molecule has 1 aromatic heterocycles. The van der Waals surface area contributed by atoms with E-state index in [1.54, 1.807) is 39.2 Å². The maximum absolute atomic E-state index is 13.7. The molecule has 1 heterocycles. The van der Waals surface area contributed by atoms with Crippen LogP contribution in [0.3, 0.4) is 0 Å². The Kier molecular flexibility index (Phi) is 9.50. The molecule has 0 aliphatic heterocycles. The van der Waals surface area contributed by atoms with Crippen LogP contribution in [0.2, 0.25) is 5.02 Å². The predicted octanol–water partition coefficient (Wildman–Crippen LogP) is 5.12. The van der Waals surface area contributed by atoms with Crippen molar-refractivity contribution in [3.05, 3.63) is 92.1 Å². The molecule has 2 aromatic carbocycles. The molecule has 0 bridgehead atoms. The lowest BCUT2D eigenvalue weighted by Crippen LogP contribution is -2.41. The number of sulfone groups is 1. The number of hydrogen-bond donors (Lipinski definition) is 1. The topological polar surface area (TPSA) is 108 Å². The van der Waals surface area contributed by atoms with E-state index in [-0.39, 0.29) is 33.2 Å². The molecule has 0 amide bonds. The van der Waals surface area contributed by atoms with Gasteiger partial charge in [-0.15, -0.1) is 4.72 Å². The molecule has 0 fully saturated rings. The van der Waals surface area contributed by atoms with Gasteiger partial charge in [0.05, 0.1) is 16.8 Å². The first-order valence-corrected chi connectivity index (χ1v) is 15.6. The first-order chi connectivity index (χ1) is 18.0. The lowest BCUT2D eigenvalue weighted by molar-refractivity contribution is 0.103. The van der Waals surface area contributed by atoms with E-state index >= 15 is 0 Å². The van der Waals surface area contributed by atoms with Crippen molar-refractivity contribution < 1.29 is 22.2 Å². The van der Waals surface area contributed by atoms with Gasteiger partial charge in [0.15, 0.2) is 15.6 Å². The highest BCUT2D eigenvalue weighted by molar-refractivity contribution is 7.91. The highest BCUT2D eigenvalue weighted by Crippen LogP contribution is 2.34. The van der Waals surface area contributed by atoms with Crippen LogP contribution < -0.4 is 10.3 Å². The number of halogens is 2. The first-order valence-electron chi connectivity index (χ1n) is 12.3. The molecular weight excluding hydrogens is 563 g/mol. The first kappa shape index (κ1) is 31.0. The van der Waals surface area contributed by atoms with E-state index < -0.39 is 43.6 Å². The van der Waals surface area contributed by atoms with Gasteiger partial charge in [0, 0.05) is 53.1 Å². The number of benzene rings is 2. The summed E-state index contributed by atoms with van der Waals surface area (Å²) in [7, 11) is -1.84. The average Bonchev–Trinajstić information content (AvgIpc) is 2.84. The van der Waals surface area contributed by atoms with Gasteiger partial charge in [0.1, 0.15) is 10.6 Å². The standard InChI is InChI=1S/C28H32ClFN2O5S2/c1-7-39(36,37)16-18-8-10-20(27(34)21-11-9-19(30)13-25(21)29)23(12-18)24-15-32(6)26(33)14-22(24)17(2)31-38(35)28(3,4)5/h8-15,17,31H,7,16H2,1-6H3/t17-,38-/m0/s1. The molecule has 210 valence electrons. The number of nitrogens with one attached hydrogen (secondary N) is 1. The number of carbonyl (C=O) groups excluding carboxylic acids is 1. The second kappa shape index (κ2) is 11.9. The lowest BCUT2D eigenvalue weighted by Gasteiger charge is -2.27. The third-order valence-electron chi connectivity index (χ3n) is 6.19. The summed E-state index contributed by atoms with van der Waals surface area (Å²) in [5.41, 5.74) is 1.70. The third-order valence-corrected chi connectivity index (χ3v) is 9.83. The van der Waals surface area contributed by atoms with Gasteiger partial charge in [-0.05, 0) is 68.7 Å². The van der Waals surface area contributed by atoms with Crippen molar-refractivity contribution in [2.45, 2.75) is 51.2 Å². The Balaban J connectivity index is 2.29. The van der Waals surface area contributed by atoms with Gasteiger partial charge in [-0.25, -0.2) is 12.8 Å². The maximum Gasteiger partial charge on any atom is 0.250 e. The molecule has 0 radical (unpaired) electrons. The maximum atomic E-state index is 13.7. The third kappa shape index (κ3) is 7.37. The molecule has 0 saturated heterocycles. The highest BCUT2D eigenvalue weighted by Gasteiger charge is 2.30. The van der Waals surface area contributed by atoms with Crippen LogP contribution in [0.25, 0.3) is 11.1 Å². The van der Waals surface area contributed by atoms with E-state index in [2.05, 4.69) is 4.72 Å². The summed E-state index contributed by atoms with van der Waals surface area (Å²) in [6, 6.07) is 8.97. The van der Waals surface area contributed by atoms with Crippen molar-refractivity contribution in [2.75, 3.05) is 5.75 Å². The minimum Gasteiger partial charge on any atom is -0.598 e. The van der Waals surface area contributed by atoms with Gasteiger partial charge in [-0.2, -0.15) is 0 Å². The number of carbonyl (C=O) groups is 1. The van der Waals surface area contributed by atoms with Crippen molar-refractivity contribution in [3.8, 4) is 11.1 Å².